The Hall–Kier alpha value is -2.66. The third-order valence-electron chi connectivity index (χ3n) is 3.51. The van der Waals surface area contributed by atoms with E-state index in [1.807, 2.05) is 0 Å². The van der Waals surface area contributed by atoms with Gasteiger partial charge in [-0.2, -0.15) is 0 Å². The molecule has 0 fully saturated rings. The van der Waals surface area contributed by atoms with Crippen LogP contribution in [0.15, 0.2) is 48.5 Å². The second-order valence-corrected chi connectivity index (χ2v) is 5.40. The normalized spacial score (nSPS) is 13.2. The van der Waals surface area contributed by atoms with Gasteiger partial charge in [-0.25, -0.2) is 0 Å². The topological polar surface area (TPSA) is 63.7 Å². The summed E-state index contributed by atoms with van der Waals surface area (Å²) in [6, 6.07) is 13.4. The van der Waals surface area contributed by atoms with Crippen molar-refractivity contribution < 1.29 is 19.1 Å². The Kier molecular flexibility index (Phi) is 4.12. The molecule has 0 atom stereocenters. The summed E-state index contributed by atoms with van der Waals surface area (Å²) in [5.41, 5.74) is 1.26. The lowest BCUT2D eigenvalue weighted by Crippen LogP contribution is -2.35. The molecule has 2 aromatic rings. The molecule has 6 heteroatoms. The maximum atomic E-state index is 12.1. The number of halogens is 1. The molecule has 2 amide bonds. The first kappa shape index (κ1) is 15.2. The van der Waals surface area contributed by atoms with Gasteiger partial charge in [0.1, 0.15) is 13.2 Å². The van der Waals surface area contributed by atoms with Gasteiger partial charge in [0.2, 0.25) is 0 Å². The molecule has 0 spiro atoms. The van der Waals surface area contributed by atoms with E-state index in [1.54, 1.807) is 48.5 Å². The predicted molar refractivity (Wildman–Crippen MR) is 83.1 cm³/mol. The number of imide groups is 1. The fourth-order valence-corrected chi connectivity index (χ4v) is 2.52. The summed E-state index contributed by atoms with van der Waals surface area (Å²) >= 11 is 5.98. The number of fused-ring (bicyclic) bond motifs is 1. The lowest BCUT2D eigenvalue weighted by atomic mass is 10.1. The van der Waals surface area contributed by atoms with Crippen molar-refractivity contribution in [2.45, 2.75) is 6.61 Å². The fourth-order valence-electron chi connectivity index (χ4n) is 2.33. The molecule has 0 aliphatic carbocycles. The average Bonchev–Trinajstić information content (AvgIpc) is 2.80. The SMILES string of the molecule is O=C(CN1C(=O)c2ccccc2C1=O)OCc1ccccc1Cl. The summed E-state index contributed by atoms with van der Waals surface area (Å²) in [5, 5.41) is 0.487. The van der Waals surface area contributed by atoms with Gasteiger partial charge in [0.15, 0.2) is 0 Å². The second kappa shape index (κ2) is 6.22. The first-order valence-electron chi connectivity index (χ1n) is 6.92. The summed E-state index contributed by atoms with van der Waals surface area (Å²) in [5.74, 6) is -1.64. The maximum Gasteiger partial charge on any atom is 0.326 e. The Morgan fingerprint density at radius 1 is 0.957 bits per heavy atom. The number of amides is 2. The number of carbonyl (C=O) groups excluding carboxylic acids is 3. The standard InChI is InChI=1S/C17H12ClNO4/c18-14-8-4-1-5-11(14)10-23-15(20)9-19-16(21)12-6-2-3-7-13(12)17(19)22/h1-8H,9-10H2. The lowest BCUT2D eigenvalue weighted by Gasteiger charge is -2.13. The van der Waals surface area contributed by atoms with Crippen molar-refractivity contribution in [2.75, 3.05) is 6.54 Å². The number of esters is 1. The van der Waals surface area contributed by atoms with Crippen LogP contribution in [0, 0.1) is 0 Å². The molecular formula is C17H12ClNO4. The molecule has 1 aliphatic rings. The number of nitrogens with zero attached hydrogens (tertiary/aromatic N) is 1. The van der Waals surface area contributed by atoms with Crippen molar-refractivity contribution in [2.24, 2.45) is 0 Å². The molecule has 1 aliphatic heterocycles. The van der Waals surface area contributed by atoms with Crippen molar-refractivity contribution in [3.05, 3.63) is 70.2 Å². The first-order valence-corrected chi connectivity index (χ1v) is 7.30. The van der Waals surface area contributed by atoms with Crippen molar-refractivity contribution in [3.63, 3.8) is 0 Å². The summed E-state index contributed by atoms with van der Waals surface area (Å²) in [6.45, 7) is -0.432. The lowest BCUT2D eigenvalue weighted by molar-refractivity contribution is -0.145. The van der Waals surface area contributed by atoms with Crippen LogP contribution in [0.5, 0.6) is 0 Å². The Morgan fingerprint density at radius 2 is 1.52 bits per heavy atom. The van der Waals surface area contributed by atoms with Gasteiger partial charge in [-0.1, -0.05) is 41.9 Å². The third-order valence-corrected chi connectivity index (χ3v) is 3.88. The molecule has 0 N–H and O–H groups in total. The van der Waals surface area contributed by atoms with E-state index in [-0.39, 0.29) is 6.61 Å². The first-order chi connectivity index (χ1) is 11.1. The van der Waals surface area contributed by atoms with Gasteiger partial charge in [-0.15, -0.1) is 0 Å². The molecule has 116 valence electrons. The van der Waals surface area contributed by atoms with E-state index in [2.05, 4.69) is 0 Å². The monoisotopic (exact) mass is 329 g/mol. The highest BCUT2D eigenvalue weighted by Gasteiger charge is 2.36. The zero-order chi connectivity index (χ0) is 16.4. The van der Waals surface area contributed by atoms with Gasteiger partial charge in [0.05, 0.1) is 11.1 Å². The van der Waals surface area contributed by atoms with Crippen molar-refractivity contribution in [3.8, 4) is 0 Å². The number of hydrogen-bond acceptors (Lipinski definition) is 4. The fraction of sp³-hybridized carbons (Fsp3) is 0.118. The van der Waals surface area contributed by atoms with E-state index in [0.717, 1.165) is 4.90 Å². The van der Waals surface area contributed by atoms with Gasteiger partial charge in [0, 0.05) is 10.6 Å². The summed E-state index contributed by atoms with van der Waals surface area (Å²) in [6.07, 6.45) is 0. The molecule has 3 rings (SSSR count). The zero-order valence-corrected chi connectivity index (χ0v) is 12.7. The largest absolute Gasteiger partial charge is 0.459 e. The number of ether oxygens (including phenoxy) is 1. The van der Waals surface area contributed by atoms with Crippen LogP contribution in [-0.4, -0.2) is 29.2 Å². The Morgan fingerprint density at radius 3 is 2.13 bits per heavy atom. The molecule has 2 aromatic carbocycles. The molecule has 1 heterocycles. The van der Waals surface area contributed by atoms with Gasteiger partial charge in [-0.3, -0.25) is 19.3 Å². The molecule has 0 radical (unpaired) electrons. The van der Waals surface area contributed by atoms with Gasteiger partial charge in [0.25, 0.3) is 11.8 Å². The summed E-state index contributed by atoms with van der Waals surface area (Å²) < 4.78 is 5.10. The quantitative estimate of drug-likeness (QED) is 0.639. The highest BCUT2D eigenvalue weighted by molar-refractivity contribution is 6.31. The maximum absolute atomic E-state index is 12.1. The van der Waals surface area contributed by atoms with Crippen LogP contribution in [0.25, 0.3) is 0 Å². The van der Waals surface area contributed by atoms with Crippen LogP contribution in [0.2, 0.25) is 5.02 Å². The number of carbonyl (C=O) groups is 3. The minimum absolute atomic E-state index is 0.0122. The third kappa shape index (κ3) is 2.96. The second-order valence-electron chi connectivity index (χ2n) is 4.99. The predicted octanol–water partition coefficient (Wildman–Crippen LogP) is 2.68. The van der Waals surface area contributed by atoms with E-state index in [9.17, 15) is 14.4 Å². The summed E-state index contributed by atoms with van der Waals surface area (Å²) in [4.78, 5) is 37.1. The molecule has 0 saturated heterocycles. The average molecular weight is 330 g/mol. The van der Waals surface area contributed by atoms with E-state index in [0.29, 0.717) is 21.7 Å². The molecule has 0 unspecified atom stereocenters. The number of benzene rings is 2. The minimum atomic E-state index is -0.667. The minimum Gasteiger partial charge on any atom is -0.459 e. The van der Waals surface area contributed by atoms with Gasteiger partial charge >= 0.3 is 5.97 Å². The van der Waals surface area contributed by atoms with Gasteiger partial charge < -0.3 is 4.74 Å². The van der Waals surface area contributed by atoms with Crippen LogP contribution >= 0.6 is 11.6 Å². The van der Waals surface area contributed by atoms with Crippen molar-refractivity contribution >= 4 is 29.4 Å². The smallest absolute Gasteiger partial charge is 0.326 e. The Balaban J connectivity index is 1.64. The number of rotatable bonds is 4. The zero-order valence-electron chi connectivity index (χ0n) is 12.0. The number of hydrogen-bond donors (Lipinski definition) is 0. The molecule has 5 nitrogen and oxygen atoms in total. The van der Waals surface area contributed by atoms with Crippen LogP contribution in [0.1, 0.15) is 26.3 Å². The molecule has 0 aromatic heterocycles. The van der Waals surface area contributed by atoms with Crippen LogP contribution in [0.4, 0.5) is 0 Å². The highest BCUT2D eigenvalue weighted by atomic mass is 35.5. The summed E-state index contributed by atoms with van der Waals surface area (Å²) in [7, 11) is 0. The van der Waals surface area contributed by atoms with Crippen molar-refractivity contribution in [1.29, 1.82) is 0 Å². The van der Waals surface area contributed by atoms with E-state index >= 15 is 0 Å². The molecule has 23 heavy (non-hydrogen) atoms. The molecule has 0 bridgehead atoms. The van der Waals surface area contributed by atoms with E-state index in [4.69, 9.17) is 16.3 Å². The van der Waals surface area contributed by atoms with Crippen LogP contribution < -0.4 is 0 Å². The highest BCUT2D eigenvalue weighted by Crippen LogP contribution is 2.22. The van der Waals surface area contributed by atoms with E-state index < -0.39 is 24.3 Å². The van der Waals surface area contributed by atoms with Crippen LogP contribution in [0.3, 0.4) is 0 Å². The Labute approximate surface area is 137 Å². The van der Waals surface area contributed by atoms with Crippen molar-refractivity contribution in [1.82, 2.24) is 4.90 Å². The van der Waals surface area contributed by atoms with Gasteiger partial charge in [-0.05, 0) is 18.2 Å². The Bertz CT molecular complexity index is 768. The van der Waals surface area contributed by atoms with E-state index in [1.165, 1.54) is 0 Å². The van der Waals surface area contributed by atoms with Crippen LogP contribution in [-0.2, 0) is 16.1 Å². The molecule has 0 saturated carbocycles. The molecular weight excluding hydrogens is 318 g/mol.